The molecule has 0 N–H and O–H groups in total. The van der Waals surface area contributed by atoms with Gasteiger partial charge in [0.1, 0.15) is 16.8 Å². The first kappa shape index (κ1) is 28.3. The van der Waals surface area contributed by atoms with Crippen LogP contribution >= 0.6 is 23.4 Å². The van der Waals surface area contributed by atoms with Crippen LogP contribution in [0.5, 0.6) is 0 Å². The van der Waals surface area contributed by atoms with Crippen LogP contribution in [0, 0.1) is 5.82 Å². The molecule has 8 nitrogen and oxygen atoms in total. The summed E-state index contributed by atoms with van der Waals surface area (Å²) in [5.41, 5.74) is 1.62. The molecule has 1 unspecified atom stereocenters. The monoisotopic (exact) mass is 582 g/mol. The summed E-state index contributed by atoms with van der Waals surface area (Å²) in [4.78, 5) is 42.9. The van der Waals surface area contributed by atoms with Crippen LogP contribution in [0.3, 0.4) is 0 Å². The molecule has 11 heteroatoms. The van der Waals surface area contributed by atoms with E-state index < -0.39 is 5.82 Å². The second-order valence-electron chi connectivity index (χ2n) is 10.1. The van der Waals surface area contributed by atoms with Gasteiger partial charge in [0.05, 0.1) is 5.75 Å². The lowest BCUT2D eigenvalue weighted by Gasteiger charge is -2.40. The van der Waals surface area contributed by atoms with Gasteiger partial charge in [0.15, 0.2) is 5.16 Å². The fraction of sp³-hybridized carbons (Fsp3) is 0.379. The first-order valence-corrected chi connectivity index (χ1v) is 14.7. The highest BCUT2D eigenvalue weighted by Crippen LogP contribution is 2.25. The molecule has 2 saturated heterocycles. The Hall–Kier alpha value is -3.21. The minimum absolute atomic E-state index is 0.0626. The van der Waals surface area contributed by atoms with Gasteiger partial charge < -0.3 is 14.7 Å². The van der Waals surface area contributed by atoms with E-state index in [-0.39, 0.29) is 23.6 Å². The third kappa shape index (κ3) is 7.10. The lowest BCUT2D eigenvalue weighted by atomic mass is 10.1. The highest BCUT2D eigenvalue weighted by atomic mass is 35.5. The van der Waals surface area contributed by atoms with E-state index in [2.05, 4.69) is 31.9 Å². The third-order valence-electron chi connectivity index (χ3n) is 7.24. The van der Waals surface area contributed by atoms with Crippen LogP contribution in [0.1, 0.15) is 22.8 Å². The van der Waals surface area contributed by atoms with Gasteiger partial charge in [-0.15, -0.1) is 0 Å². The summed E-state index contributed by atoms with van der Waals surface area (Å²) in [5.74, 6) is 0.344. The van der Waals surface area contributed by atoms with Gasteiger partial charge in [0.2, 0.25) is 5.91 Å². The number of carbonyl (C=O) groups is 2. The average molecular weight is 583 g/mol. The molecule has 2 aliphatic rings. The second kappa shape index (κ2) is 13.0. The molecule has 40 heavy (non-hydrogen) atoms. The molecule has 5 rings (SSSR count). The predicted octanol–water partition coefficient (Wildman–Crippen LogP) is 4.06. The summed E-state index contributed by atoms with van der Waals surface area (Å²) in [5, 5.41) is 0.755. The van der Waals surface area contributed by atoms with Gasteiger partial charge in [-0.05, 0) is 30.7 Å². The number of thioether (sulfide) groups is 1. The van der Waals surface area contributed by atoms with Gasteiger partial charge >= 0.3 is 0 Å². The summed E-state index contributed by atoms with van der Waals surface area (Å²) in [6, 6.07) is 17.7. The predicted molar refractivity (Wildman–Crippen MR) is 155 cm³/mol. The minimum atomic E-state index is -0.429. The highest BCUT2D eigenvalue weighted by Gasteiger charge is 2.29. The maximum atomic E-state index is 13.6. The number of hydrogen-bond donors (Lipinski definition) is 0. The van der Waals surface area contributed by atoms with E-state index in [1.165, 1.54) is 29.5 Å². The molecule has 0 spiro atoms. The molecule has 0 bridgehead atoms. The molecular formula is C29H32ClFN6O2S. The number of nitrogens with zero attached hydrogens (tertiary/aromatic N) is 6. The quantitative estimate of drug-likeness (QED) is 0.236. The van der Waals surface area contributed by atoms with Gasteiger partial charge in [-0.2, -0.15) is 0 Å². The number of carbonyl (C=O) groups excluding carboxylic acids is 2. The Labute approximate surface area is 243 Å². The van der Waals surface area contributed by atoms with Crippen molar-refractivity contribution in [3.8, 4) is 0 Å². The SMILES string of the molecule is CC1CN(c2cc(Cl)nc(SCC(=O)N3CCN(Cc4ccccc4)CC3)n2)CCN1C(=O)c1cccc(F)c1. The summed E-state index contributed by atoms with van der Waals surface area (Å²) in [7, 11) is 0. The minimum Gasteiger partial charge on any atom is -0.353 e. The van der Waals surface area contributed by atoms with Gasteiger partial charge in [-0.3, -0.25) is 14.5 Å². The Balaban J connectivity index is 1.13. The van der Waals surface area contributed by atoms with E-state index in [9.17, 15) is 14.0 Å². The molecule has 0 saturated carbocycles. The topological polar surface area (TPSA) is 72.9 Å². The van der Waals surface area contributed by atoms with Crippen LogP contribution in [0.25, 0.3) is 0 Å². The van der Waals surface area contributed by atoms with Crippen molar-refractivity contribution in [1.82, 2.24) is 24.7 Å². The highest BCUT2D eigenvalue weighted by molar-refractivity contribution is 7.99. The molecule has 2 fully saturated rings. The van der Waals surface area contributed by atoms with Gasteiger partial charge in [0.25, 0.3) is 5.91 Å². The van der Waals surface area contributed by atoms with Crippen molar-refractivity contribution in [2.75, 3.05) is 56.5 Å². The summed E-state index contributed by atoms with van der Waals surface area (Å²) < 4.78 is 13.6. The van der Waals surface area contributed by atoms with Gasteiger partial charge in [-0.25, -0.2) is 14.4 Å². The molecule has 3 aromatic rings. The fourth-order valence-corrected chi connectivity index (χ4v) is 6.07. The fourth-order valence-electron chi connectivity index (χ4n) is 5.08. The lowest BCUT2D eigenvalue weighted by Crippen LogP contribution is -2.54. The molecule has 2 amide bonds. The van der Waals surface area contributed by atoms with Crippen molar-refractivity contribution in [3.05, 3.63) is 82.8 Å². The number of aromatic nitrogens is 2. The number of hydrogen-bond acceptors (Lipinski definition) is 7. The van der Waals surface area contributed by atoms with Crippen LogP contribution in [-0.2, 0) is 11.3 Å². The Bertz CT molecular complexity index is 1340. The molecule has 0 radical (unpaired) electrons. The standard InChI is InChI=1S/C29H32ClFN6O2S/c1-21-18-36(14-15-37(21)28(39)23-8-5-9-24(31)16-23)26-17-25(30)32-29(33-26)40-20-27(38)35-12-10-34(11-13-35)19-22-6-3-2-4-7-22/h2-9,16-17,21H,10-15,18-20H2,1H3. The van der Waals surface area contributed by atoms with E-state index in [0.717, 1.165) is 19.6 Å². The van der Waals surface area contributed by atoms with Crippen molar-refractivity contribution in [3.63, 3.8) is 0 Å². The van der Waals surface area contributed by atoms with Crippen LogP contribution in [0.15, 0.2) is 65.8 Å². The molecule has 1 aromatic heterocycles. The Kier molecular flexibility index (Phi) is 9.18. The molecule has 1 atom stereocenters. The second-order valence-corrected chi connectivity index (χ2v) is 11.4. The molecular weight excluding hydrogens is 551 g/mol. The average Bonchev–Trinajstić information content (AvgIpc) is 2.96. The smallest absolute Gasteiger partial charge is 0.254 e. The molecule has 2 aromatic carbocycles. The van der Waals surface area contributed by atoms with Crippen molar-refractivity contribution < 1.29 is 14.0 Å². The first-order chi connectivity index (χ1) is 19.4. The van der Waals surface area contributed by atoms with E-state index in [1.54, 1.807) is 23.1 Å². The van der Waals surface area contributed by atoms with Crippen molar-refractivity contribution in [2.45, 2.75) is 24.7 Å². The van der Waals surface area contributed by atoms with Crippen molar-refractivity contribution in [1.29, 1.82) is 0 Å². The zero-order valence-corrected chi connectivity index (χ0v) is 24.0. The maximum absolute atomic E-state index is 13.6. The number of amides is 2. The van der Waals surface area contributed by atoms with Crippen LogP contribution in [0.4, 0.5) is 10.2 Å². The van der Waals surface area contributed by atoms with Gasteiger partial charge in [0, 0.05) is 70.0 Å². The summed E-state index contributed by atoms with van der Waals surface area (Å²) >= 11 is 7.62. The number of rotatable bonds is 7. The number of piperazine rings is 2. The first-order valence-electron chi connectivity index (χ1n) is 13.4. The Morgan fingerprint density at radius 2 is 1.75 bits per heavy atom. The lowest BCUT2D eigenvalue weighted by molar-refractivity contribution is -0.130. The van der Waals surface area contributed by atoms with Crippen molar-refractivity contribution >= 4 is 41.0 Å². The van der Waals surface area contributed by atoms with Crippen LogP contribution in [-0.4, -0.2) is 94.1 Å². The van der Waals surface area contributed by atoms with Crippen LogP contribution in [0.2, 0.25) is 5.15 Å². The van der Waals surface area contributed by atoms with E-state index >= 15 is 0 Å². The van der Waals surface area contributed by atoms with Crippen molar-refractivity contribution in [2.24, 2.45) is 0 Å². The number of anilines is 1. The van der Waals surface area contributed by atoms with E-state index in [0.29, 0.717) is 54.4 Å². The Morgan fingerprint density at radius 3 is 2.48 bits per heavy atom. The normalized spacial score (nSPS) is 18.2. The number of benzene rings is 2. The van der Waals surface area contributed by atoms with Gasteiger partial charge in [-0.1, -0.05) is 59.8 Å². The summed E-state index contributed by atoms with van der Waals surface area (Å²) in [6.07, 6.45) is 0. The largest absolute Gasteiger partial charge is 0.353 e. The zero-order chi connectivity index (χ0) is 28.1. The molecule has 2 aliphatic heterocycles. The maximum Gasteiger partial charge on any atom is 0.254 e. The molecule has 3 heterocycles. The van der Waals surface area contributed by atoms with E-state index in [1.807, 2.05) is 30.0 Å². The van der Waals surface area contributed by atoms with E-state index in [4.69, 9.17) is 11.6 Å². The third-order valence-corrected chi connectivity index (χ3v) is 8.27. The zero-order valence-electron chi connectivity index (χ0n) is 22.4. The number of halogens is 2. The van der Waals surface area contributed by atoms with Crippen LogP contribution < -0.4 is 4.90 Å². The molecule has 0 aliphatic carbocycles. The summed E-state index contributed by atoms with van der Waals surface area (Å²) in [6.45, 7) is 7.50. The molecule has 210 valence electrons. The Morgan fingerprint density at radius 1 is 0.975 bits per heavy atom.